The molecule has 1 aromatic carbocycles. The van der Waals surface area contributed by atoms with E-state index in [0.717, 1.165) is 19.0 Å². The van der Waals surface area contributed by atoms with Crippen LogP contribution >= 0.6 is 0 Å². The van der Waals surface area contributed by atoms with Crippen molar-refractivity contribution in [3.05, 3.63) is 65.9 Å². The number of alkyl halides is 3. The third-order valence-electron chi connectivity index (χ3n) is 5.90. The molecule has 172 valence electrons. The second-order valence-electron chi connectivity index (χ2n) is 8.22. The summed E-state index contributed by atoms with van der Waals surface area (Å²) in [5.41, 5.74) is -0.271. The number of carbonyl (C=O) groups is 1. The van der Waals surface area contributed by atoms with Gasteiger partial charge in [0.25, 0.3) is 5.91 Å². The summed E-state index contributed by atoms with van der Waals surface area (Å²) in [5.74, 6) is -0.0893. The molecule has 33 heavy (non-hydrogen) atoms. The maximum absolute atomic E-state index is 13.3. The lowest BCUT2D eigenvalue weighted by Gasteiger charge is -2.30. The third-order valence-corrected chi connectivity index (χ3v) is 5.90. The van der Waals surface area contributed by atoms with Gasteiger partial charge in [-0.3, -0.25) is 9.20 Å². The van der Waals surface area contributed by atoms with E-state index in [4.69, 9.17) is 4.42 Å². The number of aromatic nitrogens is 2. The molecule has 1 fully saturated rings. The average molecular weight is 460 g/mol. The van der Waals surface area contributed by atoms with Crippen molar-refractivity contribution in [2.45, 2.75) is 43.9 Å². The topological polar surface area (TPSA) is 71.6 Å². The molecule has 1 saturated carbocycles. The number of nitrogens with zero attached hydrogens (tertiary/aromatic N) is 2. The van der Waals surface area contributed by atoms with Gasteiger partial charge in [0, 0.05) is 23.7 Å². The fourth-order valence-electron chi connectivity index (χ4n) is 4.24. The number of hydrogen-bond acceptors (Lipinski definition) is 4. The van der Waals surface area contributed by atoms with Crippen LogP contribution in [0, 0.1) is 5.82 Å². The van der Waals surface area contributed by atoms with E-state index in [0.29, 0.717) is 29.6 Å². The van der Waals surface area contributed by atoms with Crippen LogP contribution in [0.5, 0.6) is 0 Å². The summed E-state index contributed by atoms with van der Waals surface area (Å²) < 4.78 is 59.3. The normalized spacial score (nSPS) is 19.2. The first-order valence-electron chi connectivity index (χ1n) is 10.6. The summed E-state index contributed by atoms with van der Waals surface area (Å²) >= 11 is 0. The number of benzene rings is 1. The lowest BCUT2D eigenvalue weighted by atomic mass is 9.91. The molecule has 2 N–H and O–H groups in total. The molecule has 0 bridgehead atoms. The monoisotopic (exact) mass is 460 g/mol. The SMILES string of the molecule is O=C(N[C@H]1CC[C@@H](Nc2cccc3nc(C(F)(F)F)cn23)CC1)c1cc2cc(F)ccc2o1. The van der Waals surface area contributed by atoms with Crippen LogP contribution in [-0.4, -0.2) is 27.4 Å². The van der Waals surface area contributed by atoms with Crippen molar-refractivity contribution in [1.29, 1.82) is 0 Å². The fourth-order valence-corrected chi connectivity index (χ4v) is 4.24. The zero-order valence-corrected chi connectivity index (χ0v) is 17.3. The number of anilines is 1. The minimum absolute atomic E-state index is 0.0506. The van der Waals surface area contributed by atoms with Gasteiger partial charge < -0.3 is 15.1 Å². The van der Waals surface area contributed by atoms with Gasteiger partial charge in [0.15, 0.2) is 11.5 Å². The molecule has 1 aliphatic carbocycles. The molecule has 3 heterocycles. The Morgan fingerprint density at radius 1 is 1.06 bits per heavy atom. The van der Waals surface area contributed by atoms with Crippen LogP contribution in [0.4, 0.5) is 23.4 Å². The molecule has 0 unspecified atom stereocenters. The first-order chi connectivity index (χ1) is 15.8. The number of halogens is 4. The number of pyridine rings is 1. The van der Waals surface area contributed by atoms with Gasteiger partial charge in [-0.05, 0) is 62.1 Å². The fraction of sp³-hybridized carbons (Fsp3) is 0.304. The van der Waals surface area contributed by atoms with E-state index in [1.165, 1.54) is 34.7 Å². The molecule has 0 atom stereocenters. The van der Waals surface area contributed by atoms with Crippen LogP contribution in [0.3, 0.4) is 0 Å². The largest absolute Gasteiger partial charge is 0.451 e. The van der Waals surface area contributed by atoms with Gasteiger partial charge in [-0.1, -0.05) is 6.07 Å². The first-order valence-corrected chi connectivity index (χ1v) is 10.6. The van der Waals surface area contributed by atoms with E-state index in [1.807, 2.05) is 0 Å². The summed E-state index contributed by atoms with van der Waals surface area (Å²) in [6.45, 7) is 0. The molecule has 1 amide bonds. The van der Waals surface area contributed by atoms with Gasteiger partial charge in [0.2, 0.25) is 0 Å². The Morgan fingerprint density at radius 2 is 1.82 bits per heavy atom. The summed E-state index contributed by atoms with van der Waals surface area (Å²) in [6.07, 6.45) is -0.658. The van der Waals surface area contributed by atoms with Crippen LogP contribution in [0.15, 0.2) is 53.1 Å². The Balaban J connectivity index is 1.20. The lowest BCUT2D eigenvalue weighted by molar-refractivity contribution is -0.140. The molecule has 10 heteroatoms. The molecule has 0 saturated heterocycles. The van der Waals surface area contributed by atoms with Crippen molar-refractivity contribution < 1.29 is 26.8 Å². The van der Waals surface area contributed by atoms with Gasteiger partial charge in [-0.2, -0.15) is 13.2 Å². The molecule has 4 aromatic rings. The highest BCUT2D eigenvalue weighted by molar-refractivity contribution is 5.96. The molecular weight excluding hydrogens is 440 g/mol. The molecule has 5 rings (SSSR count). The maximum Gasteiger partial charge on any atom is 0.434 e. The zero-order valence-electron chi connectivity index (χ0n) is 17.3. The molecule has 0 radical (unpaired) electrons. The Bertz CT molecular complexity index is 1320. The van der Waals surface area contributed by atoms with Gasteiger partial charge in [0.05, 0.1) is 0 Å². The van der Waals surface area contributed by atoms with Crippen LogP contribution in [-0.2, 0) is 6.18 Å². The lowest BCUT2D eigenvalue weighted by Crippen LogP contribution is -2.40. The van der Waals surface area contributed by atoms with Gasteiger partial charge in [-0.15, -0.1) is 0 Å². The second kappa shape index (κ2) is 8.09. The number of carbonyl (C=O) groups excluding carboxylic acids is 1. The number of amides is 1. The summed E-state index contributed by atoms with van der Waals surface area (Å²) in [4.78, 5) is 16.2. The van der Waals surface area contributed by atoms with Crippen LogP contribution in [0.1, 0.15) is 41.9 Å². The third kappa shape index (κ3) is 4.37. The van der Waals surface area contributed by atoms with E-state index in [-0.39, 0.29) is 29.4 Å². The number of imidazole rings is 1. The minimum Gasteiger partial charge on any atom is -0.451 e. The van der Waals surface area contributed by atoms with E-state index >= 15 is 0 Å². The predicted octanol–water partition coefficient (Wildman–Crippen LogP) is 5.39. The number of fused-ring (bicyclic) bond motifs is 2. The van der Waals surface area contributed by atoms with Crippen molar-refractivity contribution in [1.82, 2.24) is 14.7 Å². The van der Waals surface area contributed by atoms with Gasteiger partial charge in [-0.25, -0.2) is 9.37 Å². The van der Waals surface area contributed by atoms with Crippen molar-refractivity contribution in [2.24, 2.45) is 0 Å². The number of hydrogen-bond donors (Lipinski definition) is 2. The van der Waals surface area contributed by atoms with Gasteiger partial charge in [0.1, 0.15) is 22.9 Å². The van der Waals surface area contributed by atoms with E-state index in [9.17, 15) is 22.4 Å². The highest BCUT2D eigenvalue weighted by Gasteiger charge is 2.34. The number of nitrogens with one attached hydrogen (secondary N) is 2. The Labute approximate surface area is 185 Å². The van der Waals surface area contributed by atoms with E-state index < -0.39 is 17.7 Å². The van der Waals surface area contributed by atoms with Crippen molar-refractivity contribution >= 4 is 28.3 Å². The molecule has 3 aromatic heterocycles. The Hall–Kier alpha value is -3.56. The predicted molar refractivity (Wildman–Crippen MR) is 113 cm³/mol. The zero-order chi connectivity index (χ0) is 23.2. The minimum atomic E-state index is -4.51. The second-order valence-corrected chi connectivity index (χ2v) is 8.22. The van der Waals surface area contributed by atoms with Crippen LogP contribution < -0.4 is 10.6 Å². The Kier molecular flexibility index (Phi) is 5.22. The molecule has 0 spiro atoms. The van der Waals surface area contributed by atoms with E-state index in [1.54, 1.807) is 12.1 Å². The molecule has 6 nitrogen and oxygen atoms in total. The highest BCUT2D eigenvalue weighted by atomic mass is 19.4. The smallest absolute Gasteiger partial charge is 0.434 e. The quantitative estimate of drug-likeness (QED) is 0.401. The molecular formula is C23H20F4N4O2. The number of rotatable bonds is 4. The van der Waals surface area contributed by atoms with E-state index in [2.05, 4.69) is 15.6 Å². The maximum atomic E-state index is 13.3. The summed E-state index contributed by atoms with van der Waals surface area (Å²) in [7, 11) is 0. The molecule has 0 aliphatic heterocycles. The standard InChI is InChI=1S/C23H20F4N4O2/c24-14-4-9-17-13(10-14)11-18(33-17)22(32)29-16-7-5-15(6-8-16)28-20-2-1-3-21-30-19(12-31(20)21)23(25,26)27/h1-4,9-12,15-16,28H,5-8H2,(H,29,32)/t15-,16+. The molecule has 1 aliphatic rings. The van der Waals surface area contributed by atoms with Crippen molar-refractivity contribution in [2.75, 3.05) is 5.32 Å². The first kappa shape index (κ1) is 21.3. The average Bonchev–Trinajstić information content (AvgIpc) is 3.39. The summed E-state index contributed by atoms with van der Waals surface area (Å²) in [6, 6.07) is 10.5. The van der Waals surface area contributed by atoms with Gasteiger partial charge >= 0.3 is 6.18 Å². The number of furan rings is 1. The summed E-state index contributed by atoms with van der Waals surface area (Å²) in [5, 5.41) is 6.78. The van der Waals surface area contributed by atoms with Crippen molar-refractivity contribution in [3.8, 4) is 0 Å². The van der Waals surface area contributed by atoms with Crippen LogP contribution in [0.25, 0.3) is 16.6 Å². The Morgan fingerprint density at radius 3 is 2.58 bits per heavy atom. The van der Waals surface area contributed by atoms with Crippen molar-refractivity contribution in [3.63, 3.8) is 0 Å². The van der Waals surface area contributed by atoms with Crippen LogP contribution in [0.2, 0.25) is 0 Å². The highest BCUT2D eigenvalue weighted by Crippen LogP contribution is 2.30.